The summed E-state index contributed by atoms with van der Waals surface area (Å²) in [5.74, 6) is 0. The summed E-state index contributed by atoms with van der Waals surface area (Å²) < 4.78 is 5.70. The molecule has 76 valence electrons. The second-order valence-corrected chi connectivity index (χ2v) is 3.98. The van der Waals surface area contributed by atoms with Gasteiger partial charge in [-0.3, -0.25) is 0 Å². The maximum absolute atomic E-state index is 5.70. The summed E-state index contributed by atoms with van der Waals surface area (Å²) in [5.41, 5.74) is 0. The van der Waals surface area contributed by atoms with Crippen molar-refractivity contribution in [2.75, 3.05) is 6.54 Å². The third-order valence-corrected chi connectivity index (χ3v) is 2.53. The van der Waals surface area contributed by atoms with Crippen LogP contribution in [0.1, 0.15) is 33.1 Å². The first kappa shape index (κ1) is 10.7. The Bertz CT molecular complexity index is 158. The van der Waals surface area contributed by atoms with Crippen molar-refractivity contribution in [1.82, 2.24) is 5.32 Å². The summed E-state index contributed by atoms with van der Waals surface area (Å²) >= 11 is 0. The minimum Gasteiger partial charge on any atom is -0.374 e. The molecule has 0 bridgehead atoms. The Morgan fingerprint density at radius 1 is 1.62 bits per heavy atom. The van der Waals surface area contributed by atoms with Crippen LogP contribution in [-0.2, 0) is 4.74 Å². The molecule has 0 radical (unpaired) electrons. The SMILES string of the molecule is C=CCC(C)NCC1CCC(C)O1. The minimum absolute atomic E-state index is 0.433. The quantitative estimate of drug-likeness (QED) is 0.659. The molecule has 1 aliphatic heterocycles. The molecule has 0 spiro atoms. The van der Waals surface area contributed by atoms with Crippen LogP contribution < -0.4 is 5.32 Å². The predicted molar refractivity (Wildman–Crippen MR) is 55.8 cm³/mol. The van der Waals surface area contributed by atoms with Crippen LogP contribution in [0.2, 0.25) is 0 Å². The molecule has 0 aromatic rings. The fraction of sp³-hybridized carbons (Fsp3) is 0.818. The fourth-order valence-electron chi connectivity index (χ4n) is 1.70. The van der Waals surface area contributed by atoms with Gasteiger partial charge in [0.1, 0.15) is 0 Å². The van der Waals surface area contributed by atoms with Crippen molar-refractivity contribution in [3.8, 4) is 0 Å². The van der Waals surface area contributed by atoms with Crippen molar-refractivity contribution in [3.63, 3.8) is 0 Å². The van der Waals surface area contributed by atoms with Gasteiger partial charge in [-0.2, -0.15) is 0 Å². The van der Waals surface area contributed by atoms with Crippen molar-refractivity contribution in [2.45, 2.75) is 51.4 Å². The average Bonchev–Trinajstić information content (AvgIpc) is 2.49. The van der Waals surface area contributed by atoms with Crippen molar-refractivity contribution in [3.05, 3.63) is 12.7 Å². The van der Waals surface area contributed by atoms with Gasteiger partial charge in [-0.1, -0.05) is 6.08 Å². The van der Waals surface area contributed by atoms with Gasteiger partial charge >= 0.3 is 0 Å². The molecule has 1 heterocycles. The first-order chi connectivity index (χ1) is 6.22. The molecule has 0 amide bonds. The standard InChI is InChI=1S/C11H21NO/c1-4-5-9(2)12-8-11-7-6-10(3)13-11/h4,9-12H,1,5-8H2,2-3H3. The lowest BCUT2D eigenvalue weighted by molar-refractivity contribution is 0.0547. The van der Waals surface area contributed by atoms with Crippen LogP contribution in [0.25, 0.3) is 0 Å². The molecule has 1 saturated heterocycles. The van der Waals surface area contributed by atoms with Crippen molar-refractivity contribution >= 4 is 0 Å². The van der Waals surface area contributed by atoms with Gasteiger partial charge in [-0.25, -0.2) is 0 Å². The van der Waals surface area contributed by atoms with E-state index in [0.717, 1.165) is 13.0 Å². The summed E-state index contributed by atoms with van der Waals surface area (Å²) in [4.78, 5) is 0. The highest BCUT2D eigenvalue weighted by Gasteiger charge is 2.21. The molecule has 2 heteroatoms. The Hall–Kier alpha value is -0.340. The molecule has 0 aromatic heterocycles. The lowest BCUT2D eigenvalue weighted by Crippen LogP contribution is -2.33. The van der Waals surface area contributed by atoms with Gasteiger partial charge in [0.05, 0.1) is 12.2 Å². The first-order valence-corrected chi connectivity index (χ1v) is 5.22. The average molecular weight is 183 g/mol. The normalized spacial score (nSPS) is 30.3. The van der Waals surface area contributed by atoms with Crippen LogP contribution in [0.3, 0.4) is 0 Å². The van der Waals surface area contributed by atoms with Crippen molar-refractivity contribution in [1.29, 1.82) is 0 Å². The number of ether oxygens (including phenoxy) is 1. The molecule has 1 rings (SSSR count). The molecule has 0 saturated carbocycles. The first-order valence-electron chi connectivity index (χ1n) is 5.22. The number of rotatable bonds is 5. The zero-order valence-corrected chi connectivity index (χ0v) is 8.75. The van der Waals surface area contributed by atoms with Crippen molar-refractivity contribution < 1.29 is 4.74 Å². The molecule has 13 heavy (non-hydrogen) atoms. The molecular formula is C11H21NO. The Balaban J connectivity index is 2.08. The zero-order valence-electron chi connectivity index (χ0n) is 8.75. The van der Waals surface area contributed by atoms with Crippen LogP contribution in [0, 0.1) is 0 Å². The van der Waals surface area contributed by atoms with Gasteiger partial charge in [0.2, 0.25) is 0 Å². The summed E-state index contributed by atoms with van der Waals surface area (Å²) in [7, 11) is 0. The monoisotopic (exact) mass is 183 g/mol. The molecule has 3 atom stereocenters. The van der Waals surface area contributed by atoms with E-state index in [4.69, 9.17) is 4.74 Å². The van der Waals surface area contributed by atoms with E-state index in [0.29, 0.717) is 18.2 Å². The molecule has 3 unspecified atom stereocenters. The van der Waals surface area contributed by atoms with E-state index < -0.39 is 0 Å². The van der Waals surface area contributed by atoms with E-state index in [2.05, 4.69) is 25.7 Å². The van der Waals surface area contributed by atoms with Crippen LogP contribution in [-0.4, -0.2) is 24.8 Å². The van der Waals surface area contributed by atoms with Gasteiger partial charge in [0.25, 0.3) is 0 Å². The lowest BCUT2D eigenvalue weighted by Gasteiger charge is -2.16. The number of hydrogen-bond acceptors (Lipinski definition) is 2. The van der Waals surface area contributed by atoms with Gasteiger partial charge in [0, 0.05) is 12.6 Å². The second-order valence-electron chi connectivity index (χ2n) is 3.98. The lowest BCUT2D eigenvalue weighted by atomic mass is 10.2. The number of nitrogens with one attached hydrogen (secondary N) is 1. The Morgan fingerprint density at radius 3 is 2.92 bits per heavy atom. The van der Waals surface area contributed by atoms with E-state index in [9.17, 15) is 0 Å². The van der Waals surface area contributed by atoms with Crippen molar-refractivity contribution in [2.24, 2.45) is 0 Å². The predicted octanol–water partition coefficient (Wildman–Crippen LogP) is 2.11. The van der Waals surface area contributed by atoms with E-state index >= 15 is 0 Å². The molecule has 0 aliphatic carbocycles. The molecule has 1 fully saturated rings. The zero-order chi connectivity index (χ0) is 9.68. The Kier molecular flexibility index (Phi) is 4.46. The number of hydrogen-bond donors (Lipinski definition) is 1. The molecule has 1 N–H and O–H groups in total. The Morgan fingerprint density at radius 2 is 2.38 bits per heavy atom. The molecule has 2 nitrogen and oxygen atoms in total. The van der Waals surface area contributed by atoms with Crippen LogP contribution in [0.15, 0.2) is 12.7 Å². The summed E-state index contributed by atoms with van der Waals surface area (Å²) in [6.45, 7) is 9.03. The minimum atomic E-state index is 0.433. The molecular weight excluding hydrogens is 162 g/mol. The van der Waals surface area contributed by atoms with E-state index in [1.54, 1.807) is 0 Å². The summed E-state index contributed by atoms with van der Waals surface area (Å²) in [5, 5.41) is 3.45. The van der Waals surface area contributed by atoms with Gasteiger partial charge in [-0.05, 0) is 33.1 Å². The maximum atomic E-state index is 5.70. The largest absolute Gasteiger partial charge is 0.374 e. The third kappa shape index (κ3) is 3.92. The van der Waals surface area contributed by atoms with Gasteiger partial charge < -0.3 is 10.1 Å². The van der Waals surface area contributed by atoms with E-state index in [1.165, 1.54) is 12.8 Å². The molecule has 1 aliphatic rings. The Labute approximate surface area is 81.4 Å². The topological polar surface area (TPSA) is 21.3 Å². The highest BCUT2D eigenvalue weighted by Crippen LogP contribution is 2.18. The van der Waals surface area contributed by atoms with Gasteiger partial charge in [-0.15, -0.1) is 6.58 Å². The van der Waals surface area contributed by atoms with E-state index in [-0.39, 0.29) is 0 Å². The summed E-state index contributed by atoms with van der Waals surface area (Å²) in [6.07, 6.45) is 6.29. The maximum Gasteiger partial charge on any atom is 0.0704 e. The molecule has 0 aromatic carbocycles. The smallest absolute Gasteiger partial charge is 0.0704 e. The second kappa shape index (κ2) is 5.40. The van der Waals surface area contributed by atoms with Crippen LogP contribution in [0.5, 0.6) is 0 Å². The highest BCUT2D eigenvalue weighted by atomic mass is 16.5. The third-order valence-electron chi connectivity index (χ3n) is 2.53. The van der Waals surface area contributed by atoms with E-state index in [1.807, 2.05) is 6.08 Å². The fourth-order valence-corrected chi connectivity index (χ4v) is 1.70. The van der Waals surface area contributed by atoms with Gasteiger partial charge in [0.15, 0.2) is 0 Å². The van der Waals surface area contributed by atoms with Crippen LogP contribution >= 0.6 is 0 Å². The summed E-state index contributed by atoms with van der Waals surface area (Å²) in [6, 6.07) is 0.525. The highest BCUT2D eigenvalue weighted by molar-refractivity contribution is 4.78. The van der Waals surface area contributed by atoms with Crippen LogP contribution in [0.4, 0.5) is 0 Å².